The van der Waals surface area contributed by atoms with E-state index < -0.39 is 5.97 Å². The van der Waals surface area contributed by atoms with E-state index in [0.29, 0.717) is 27.5 Å². The van der Waals surface area contributed by atoms with Crippen molar-refractivity contribution in [3.63, 3.8) is 0 Å². The number of nitrogens with zero attached hydrogens (tertiary/aromatic N) is 6. The van der Waals surface area contributed by atoms with Gasteiger partial charge in [0.2, 0.25) is 5.88 Å². The third kappa shape index (κ3) is 4.21. The molecule has 0 saturated carbocycles. The molecule has 0 aliphatic heterocycles. The number of esters is 1. The van der Waals surface area contributed by atoms with Crippen LogP contribution in [-0.2, 0) is 4.74 Å². The van der Waals surface area contributed by atoms with Crippen LogP contribution in [-0.4, -0.2) is 49.2 Å². The first-order chi connectivity index (χ1) is 14.5. The van der Waals surface area contributed by atoms with E-state index in [1.807, 2.05) is 31.2 Å². The van der Waals surface area contributed by atoms with Gasteiger partial charge in [-0.1, -0.05) is 29.8 Å². The molecule has 0 N–H and O–H groups in total. The second-order valence-corrected chi connectivity index (χ2v) is 6.85. The molecule has 11 heteroatoms. The number of ether oxygens (including phenoxy) is 2. The molecule has 0 unspecified atom stereocenters. The Kier molecular flexibility index (Phi) is 6.81. The van der Waals surface area contributed by atoms with Gasteiger partial charge in [0.1, 0.15) is 11.0 Å². The third-order valence-corrected chi connectivity index (χ3v) is 4.96. The molecule has 3 aromatic heterocycles. The summed E-state index contributed by atoms with van der Waals surface area (Å²) in [5, 5.41) is 9.30. The number of halogens is 1. The molecule has 4 aromatic rings. The van der Waals surface area contributed by atoms with Crippen molar-refractivity contribution in [2.45, 2.75) is 19.9 Å². The fourth-order valence-electron chi connectivity index (χ4n) is 3.16. The van der Waals surface area contributed by atoms with E-state index in [9.17, 15) is 4.79 Å². The number of benzene rings is 1. The molecular formula is C20H21ClN6O3S. The largest absolute Gasteiger partial charge is 0.479 e. The van der Waals surface area contributed by atoms with Crippen molar-refractivity contribution < 1.29 is 14.3 Å². The lowest BCUT2D eigenvalue weighted by atomic mass is 10.1. The van der Waals surface area contributed by atoms with Crippen LogP contribution in [0.5, 0.6) is 5.88 Å². The van der Waals surface area contributed by atoms with Crippen LogP contribution in [0.3, 0.4) is 0 Å². The van der Waals surface area contributed by atoms with Gasteiger partial charge in [-0.15, -0.1) is 0 Å². The fourth-order valence-corrected chi connectivity index (χ4v) is 3.45. The molecule has 0 spiro atoms. The summed E-state index contributed by atoms with van der Waals surface area (Å²) in [7, 11) is 1.52. The van der Waals surface area contributed by atoms with E-state index in [1.165, 1.54) is 24.2 Å². The molecule has 0 aliphatic rings. The van der Waals surface area contributed by atoms with E-state index in [4.69, 9.17) is 21.1 Å². The Morgan fingerprint density at radius 3 is 2.68 bits per heavy atom. The van der Waals surface area contributed by atoms with Gasteiger partial charge in [-0.2, -0.15) is 28.7 Å². The summed E-state index contributed by atoms with van der Waals surface area (Å²) in [6.07, 6.45) is 4.54. The normalized spacial score (nSPS) is 11.7. The maximum absolute atomic E-state index is 11.9. The minimum absolute atomic E-state index is 0. The van der Waals surface area contributed by atoms with Gasteiger partial charge >= 0.3 is 5.97 Å². The van der Waals surface area contributed by atoms with Crippen LogP contribution < -0.4 is 4.74 Å². The van der Waals surface area contributed by atoms with Crippen molar-refractivity contribution in [3.05, 3.63) is 59.0 Å². The van der Waals surface area contributed by atoms with Gasteiger partial charge in [-0.05, 0) is 25.5 Å². The summed E-state index contributed by atoms with van der Waals surface area (Å²) < 4.78 is 13.7. The lowest BCUT2D eigenvalue weighted by Gasteiger charge is -2.16. The predicted octanol–water partition coefficient (Wildman–Crippen LogP) is 3.57. The topological polar surface area (TPSA) is 97.0 Å². The molecule has 3 heterocycles. The van der Waals surface area contributed by atoms with Gasteiger partial charge < -0.3 is 9.47 Å². The minimum atomic E-state index is -0.460. The second kappa shape index (κ2) is 9.36. The fraction of sp³-hybridized carbons (Fsp3) is 0.250. The average molecular weight is 461 g/mol. The first kappa shape index (κ1) is 22.6. The summed E-state index contributed by atoms with van der Waals surface area (Å²) in [5.74, 6) is 0.123. The zero-order chi connectivity index (χ0) is 21.3. The van der Waals surface area contributed by atoms with Crippen LogP contribution in [0, 0.1) is 0 Å². The van der Waals surface area contributed by atoms with Crippen LogP contribution in [0.1, 0.15) is 35.8 Å². The van der Waals surface area contributed by atoms with Crippen LogP contribution in [0.2, 0.25) is 5.02 Å². The van der Waals surface area contributed by atoms with Crippen molar-refractivity contribution in [1.82, 2.24) is 29.5 Å². The summed E-state index contributed by atoms with van der Waals surface area (Å²) in [6, 6.07) is 7.42. The molecule has 31 heavy (non-hydrogen) atoms. The van der Waals surface area contributed by atoms with Crippen LogP contribution in [0.15, 0.2) is 42.9 Å². The van der Waals surface area contributed by atoms with Crippen molar-refractivity contribution in [2.24, 2.45) is 0 Å². The Labute approximate surface area is 190 Å². The number of fused-ring (bicyclic) bond motifs is 1. The molecule has 1 atom stereocenters. The van der Waals surface area contributed by atoms with Crippen LogP contribution >= 0.6 is 25.1 Å². The lowest BCUT2D eigenvalue weighted by molar-refractivity contribution is 0.0526. The Bertz CT molecular complexity index is 1220. The Hall–Kier alpha value is -3.11. The van der Waals surface area contributed by atoms with Crippen LogP contribution in [0.4, 0.5) is 0 Å². The van der Waals surface area contributed by atoms with E-state index in [1.54, 1.807) is 17.8 Å². The third-order valence-electron chi connectivity index (χ3n) is 4.61. The highest BCUT2D eigenvalue weighted by molar-refractivity contribution is 7.59. The maximum atomic E-state index is 11.9. The quantitative estimate of drug-likeness (QED) is 0.406. The summed E-state index contributed by atoms with van der Waals surface area (Å²) >= 11 is 6.36. The predicted molar refractivity (Wildman–Crippen MR) is 121 cm³/mol. The van der Waals surface area contributed by atoms with Gasteiger partial charge in [0, 0.05) is 11.2 Å². The number of carbonyl (C=O) groups is 1. The number of rotatable bonds is 6. The zero-order valence-corrected chi connectivity index (χ0v) is 18.9. The molecule has 0 fully saturated rings. The minimum Gasteiger partial charge on any atom is -0.479 e. The molecule has 0 bridgehead atoms. The first-order valence-corrected chi connectivity index (χ1v) is 9.67. The smallest absolute Gasteiger partial charge is 0.341 e. The summed E-state index contributed by atoms with van der Waals surface area (Å²) in [5.41, 5.74) is 2.43. The van der Waals surface area contributed by atoms with Gasteiger partial charge in [0.25, 0.3) is 5.95 Å². The molecule has 0 amide bonds. The zero-order valence-electron chi connectivity index (χ0n) is 17.1. The van der Waals surface area contributed by atoms with Gasteiger partial charge in [0.05, 0.1) is 37.7 Å². The number of methoxy groups -OCH3 is 1. The second-order valence-electron chi connectivity index (χ2n) is 6.45. The Balaban J connectivity index is 0.00000272. The van der Waals surface area contributed by atoms with E-state index in [0.717, 1.165) is 5.56 Å². The molecular weight excluding hydrogens is 440 g/mol. The van der Waals surface area contributed by atoms with Gasteiger partial charge in [0.15, 0.2) is 0 Å². The highest BCUT2D eigenvalue weighted by Gasteiger charge is 2.21. The first-order valence-electron chi connectivity index (χ1n) is 9.29. The SMILES string of the molecule is CCOC(=O)c1cnn(-c2nc(OC)c3c(cnn3[C@@H](C)c3ccccc3Cl)n2)c1.S. The molecule has 4 rings (SSSR count). The molecule has 0 aliphatic carbocycles. The lowest BCUT2D eigenvalue weighted by Crippen LogP contribution is -2.11. The number of aromatic nitrogens is 6. The van der Waals surface area contributed by atoms with Crippen molar-refractivity contribution in [2.75, 3.05) is 13.7 Å². The van der Waals surface area contributed by atoms with E-state index in [2.05, 4.69) is 20.2 Å². The summed E-state index contributed by atoms with van der Waals surface area (Å²) in [4.78, 5) is 20.9. The molecule has 1 aromatic carbocycles. The maximum Gasteiger partial charge on any atom is 0.341 e. The van der Waals surface area contributed by atoms with E-state index >= 15 is 0 Å². The molecule has 0 saturated heterocycles. The van der Waals surface area contributed by atoms with E-state index in [-0.39, 0.29) is 32.1 Å². The van der Waals surface area contributed by atoms with Crippen molar-refractivity contribution >= 4 is 42.1 Å². The molecule has 9 nitrogen and oxygen atoms in total. The van der Waals surface area contributed by atoms with Crippen molar-refractivity contribution in [3.8, 4) is 11.8 Å². The Morgan fingerprint density at radius 2 is 1.97 bits per heavy atom. The molecule has 162 valence electrons. The average Bonchev–Trinajstić information content (AvgIpc) is 3.40. The Morgan fingerprint density at radius 1 is 1.19 bits per heavy atom. The van der Waals surface area contributed by atoms with Crippen molar-refractivity contribution in [1.29, 1.82) is 0 Å². The standard InChI is InChI=1S/C20H19ClN6O3.H2S/c1-4-30-19(28)13-9-22-26(11-13)20-24-16-10-23-27(17(16)18(25-20)29-3)12(2)14-7-5-6-8-15(14)21;/h5-12H,4H2,1-3H3;1H2/t12-;/m0./s1. The highest BCUT2D eigenvalue weighted by Crippen LogP contribution is 2.31. The number of carbonyl (C=O) groups excluding carboxylic acids is 1. The number of hydrogen-bond donors (Lipinski definition) is 0. The number of hydrogen-bond acceptors (Lipinski definition) is 7. The monoisotopic (exact) mass is 460 g/mol. The van der Waals surface area contributed by atoms with Crippen LogP contribution in [0.25, 0.3) is 17.0 Å². The summed E-state index contributed by atoms with van der Waals surface area (Å²) in [6.45, 7) is 4.01. The van der Waals surface area contributed by atoms with Gasteiger partial charge in [-0.25, -0.2) is 14.5 Å². The highest BCUT2D eigenvalue weighted by atomic mass is 35.5. The van der Waals surface area contributed by atoms with Gasteiger partial charge in [-0.3, -0.25) is 4.68 Å². The molecule has 0 radical (unpaired) electrons.